The van der Waals surface area contributed by atoms with Crippen LogP contribution in [-0.4, -0.2) is 15.9 Å². The van der Waals surface area contributed by atoms with Gasteiger partial charge in [-0.2, -0.15) is 0 Å². The van der Waals surface area contributed by atoms with E-state index in [0.29, 0.717) is 6.04 Å². The lowest BCUT2D eigenvalue weighted by Crippen LogP contribution is -2.30. The van der Waals surface area contributed by atoms with E-state index < -0.39 is 0 Å². The fourth-order valence-corrected chi connectivity index (χ4v) is 1.93. The Balaban J connectivity index is 1.97. The summed E-state index contributed by atoms with van der Waals surface area (Å²) >= 11 is 1.87. The molecule has 0 aromatic carbocycles. The molecule has 2 rings (SSSR count). The monoisotopic (exact) mass is 237 g/mol. The third-order valence-electron chi connectivity index (χ3n) is 2.15. The molecule has 0 unspecified atom stereocenters. The third kappa shape index (κ3) is 1.00. The lowest BCUT2D eigenvalue weighted by atomic mass is 10.2. The van der Waals surface area contributed by atoms with E-state index in [1.54, 1.807) is 0 Å². The summed E-state index contributed by atoms with van der Waals surface area (Å²) in [7, 11) is 0. The summed E-state index contributed by atoms with van der Waals surface area (Å²) < 4.78 is 0.278. The van der Waals surface area contributed by atoms with Gasteiger partial charge in [-0.15, -0.1) is 0 Å². The lowest BCUT2D eigenvalue weighted by Gasteiger charge is -2.05. The van der Waals surface area contributed by atoms with Gasteiger partial charge in [0.2, 0.25) is 3.79 Å². The molecule has 0 spiro atoms. The second kappa shape index (κ2) is 1.92. The average molecular weight is 237 g/mol. The Bertz CT molecular complexity index is 149. The molecule has 0 radical (unpaired) electrons. The molecule has 1 saturated carbocycles. The molecule has 2 aliphatic rings. The van der Waals surface area contributed by atoms with Gasteiger partial charge in [-0.1, -0.05) is 0 Å². The highest BCUT2D eigenvalue weighted by atomic mass is 127. The van der Waals surface area contributed by atoms with Crippen molar-refractivity contribution in [1.82, 2.24) is 5.32 Å². The second-order valence-corrected chi connectivity index (χ2v) is 3.92. The number of rotatable bonds is 1. The van der Waals surface area contributed by atoms with Gasteiger partial charge >= 0.3 is 0 Å². The fraction of sp³-hybridized carbons (Fsp3) is 0.833. The second-order valence-electron chi connectivity index (χ2n) is 2.86. The summed E-state index contributed by atoms with van der Waals surface area (Å²) in [5.74, 6) is 0.841. The number of nitrogens with one attached hydrogen (secondary N) is 1. The Labute approximate surface area is 67.5 Å². The van der Waals surface area contributed by atoms with E-state index in [1.807, 2.05) is 22.6 Å². The first-order valence-corrected chi connectivity index (χ1v) is 4.30. The van der Waals surface area contributed by atoms with Crippen LogP contribution in [0.3, 0.4) is 0 Å². The molecular weight excluding hydrogens is 229 g/mol. The fourth-order valence-electron chi connectivity index (χ4n) is 1.50. The zero-order valence-corrected chi connectivity index (χ0v) is 7.09. The molecule has 1 heterocycles. The van der Waals surface area contributed by atoms with E-state index in [0.717, 1.165) is 12.3 Å². The molecule has 50 valence electrons. The number of hydrogen-bond donors (Lipinski definition) is 1. The highest BCUT2D eigenvalue weighted by molar-refractivity contribution is 14.1. The predicted octanol–water partition coefficient (Wildman–Crippen LogP) is 0.698. The number of fused-ring (bicyclic) bond motifs is 1. The maximum Gasteiger partial charge on any atom is 0.209 e. The van der Waals surface area contributed by atoms with Gasteiger partial charge < -0.3 is 5.32 Å². The topological polar surface area (TPSA) is 29.1 Å². The molecule has 2 nitrogen and oxygen atoms in total. The smallest absolute Gasteiger partial charge is 0.209 e. The molecular formula is C6H8INO. The maximum atomic E-state index is 10.7. The number of piperidine rings is 1. The van der Waals surface area contributed by atoms with Crippen molar-refractivity contribution in [2.75, 3.05) is 0 Å². The van der Waals surface area contributed by atoms with Crippen LogP contribution in [0.5, 0.6) is 0 Å². The predicted molar refractivity (Wildman–Crippen MR) is 42.5 cm³/mol. The van der Waals surface area contributed by atoms with Gasteiger partial charge in [0.15, 0.2) is 0 Å². The van der Waals surface area contributed by atoms with E-state index in [1.165, 1.54) is 6.42 Å². The average Bonchev–Trinajstić information content (AvgIpc) is 2.40. The molecule has 3 atom stereocenters. The van der Waals surface area contributed by atoms with Crippen molar-refractivity contribution in [2.24, 2.45) is 5.92 Å². The molecule has 0 amide bonds. The molecule has 0 bridgehead atoms. The summed E-state index contributed by atoms with van der Waals surface area (Å²) in [6.07, 6.45) is 2.40. The van der Waals surface area contributed by atoms with Gasteiger partial charge in [0.25, 0.3) is 0 Å². The molecule has 2 fully saturated rings. The minimum absolute atomic E-state index is 0.189. The highest BCUT2D eigenvalue weighted by Gasteiger charge is 2.47. The molecule has 3 heteroatoms. The third-order valence-corrected chi connectivity index (χ3v) is 2.90. The van der Waals surface area contributed by atoms with Crippen molar-refractivity contribution in [3.63, 3.8) is 0 Å². The van der Waals surface area contributed by atoms with Crippen LogP contribution in [0.25, 0.3) is 0 Å². The van der Waals surface area contributed by atoms with E-state index in [4.69, 9.17) is 0 Å². The molecule has 1 aliphatic heterocycles. The normalized spacial score (nSPS) is 46.6. The van der Waals surface area contributed by atoms with Gasteiger partial charge in [0.1, 0.15) is 0 Å². The first-order chi connectivity index (χ1) is 4.27. The van der Waals surface area contributed by atoms with E-state index in [2.05, 4.69) is 5.32 Å². The summed E-state index contributed by atoms with van der Waals surface area (Å²) in [5, 5.41) is 3.27. The number of carbonyl (C=O) groups excluding carboxylic acids is 1. The van der Waals surface area contributed by atoms with Crippen LogP contribution in [0, 0.1) is 5.92 Å². The summed E-state index contributed by atoms with van der Waals surface area (Å²) in [6.45, 7) is 0. The minimum Gasteiger partial charge on any atom is -0.304 e. The van der Waals surface area contributed by atoms with Crippen LogP contribution >= 0.6 is 22.6 Å². The number of halogens is 1. The van der Waals surface area contributed by atoms with Crippen LogP contribution < -0.4 is 5.32 Å². The van der Waals surface area contributed by atoms with E-state index in [-0.39, 0.29) is 9.83 Å². The van der Waals surface area contributed by atoms with Crippen LogP contribution in [-0.2, 0) is 4.79 Å². The zero-order chi connectivity index (χ0) is 6.43. The number of carbonyl (C=O) groups is 1. The van der Waals surface area contributed by atoms with Crippen LogP contribution in [0.4, 0.5) is 0 Å². The number of hydrogen-bond acceptors (Lipinski definition) is 2. The van der Waals surface area contributed by atoms with Crippen molar-refractivity contribution < 1.29 is 4.79 Å². The Morgan fingerprint density at radius 1 is 1.56 bits per heavy atom. The van der Waals surface area contributed by atoms with Crippen molar-refractivity contribution in [3.05, 3.63) is 0 Å². The largest absolute Gasteiger partial charge is 0.304 e. The van der Waals surface area contributed by atoms with Crippen molar-refractivity contribution in [1.29, 1.82) is 0 Å². The van der Waals surface area contributed by atoms with Crippen molar-refractivity contribution in [3.8, 4) is 0 Å². The van der Waals surface area contributed by atoms with Gasteiger partial charge in [0, 0.05) is 28.6 Å². The van der Waals surface area contributed by atoms with Gasteiger partial charge in [-0.3, -0.25) is 4.79 Å². The Hall–Kier alpha value is 0.360. The van der Waals surface area contributed by atoms with Gasteiger partial charge in [-0.25, -0.2) is 0 Å². The first kappa shape index (κ1) is 6.09. The molecule has 1 saturated heterocycles. The molecule has 0 aromatic heterocycles. The SMILES string of the molecule is O=C(I)[C@@H]1C[C@@H]2C[C@@H]2N1. The molecule has 1 aliphatic carbocycles. The Morgan fingerprint density at radius 2 is 2.33 bits per heavy atom. The zero-order valence-electron chi connectivity index (χ0n) is 4.93. The molecule has 9 heavy (non-hydrogen) atoms. The Morgan fingerprint density at radius 3 is 2.67 bits per heavy atom. The van der Waals surface area contributed by atoms with Crippen LogP contribution in [0.1, 0.15) is 12.8 Å². The Kier molecular flexibility index (Phi) is 1.30. The standard InChI is InChI=1S/C6H8INO/c7-6(9)5-2-3-1-4(3)8-5/h3-5,8H,1-2H2/t3-,4-,5-/m0/s1. The first-order valence-electron chi connectivity index (χ1n) is 3.23. The molecule has 1 N–H and O–H groups in total. The van der Waals surface area contributed by atoms with Crippen LogP contribution in [0.2, 0.25) is 0 Å². The lowest BCUT2D eigenvalue weighted by molar-refractivity contribution is -0.111. The van der Waals surface area contributed by atoms with Gasteiger partial charge in [0.05, 0.1) is 6.04 Å². The molecule has 0 aromatic rings. The van der Waals surface area contributed by atoms with E-state index in [9.17, 15) is 4.79 Å². The maximum absolute atomic E-state index is 10.7. The summed E-state index contributed by atoms with van der Waals surface area (Å²) in [4.78, 5) is 10.7. The van der Waals surface area contributed by atoms with E-state index >= 15 is 0 Å². The summed E-state index contributed by atoms with van der Waals surface area (Å²) in [5.41, 5.74) is 0. The van der Waals surface area contributed by atoms with Crippen molar-refractivity contribution >= 4 is 26.4 Å². The minimum atomic E-state index is 0.189. The van der Waals surface area contributed by atoms with Gasteiger partial charge in [-0.05, 0) is 18.8 Å². The van der Waals surface area contributed by atoms with Crippen molar-refractivity contribution in [2.45, 2.75) is 24.9 Å². The highest BCUT2D eigenvalue weighted by Crippen LogP contribution is 2.41. The van der Waals surface area contributed by atoms with Crippen LogP contribution in [0.15, 0.2) is 0 Å². The summed E-state index contributed by atoms with van der Waals surface area (Å²) in [6, 6.07) is 0.892. The quantitative estimate of drug-likeness (QED) is 0.537.